The zero-order valence-electron chi connectivity index (χ0n) is 17.0. The number of benzene rings is 1. The van der Waals surface area contributed by atoms with Crippen molar-refractivity contribution in [1.29, 1.82) is 0 Å². The first-order chi connectivity index (χ1) is 13.4. The zero-order chi connectivity index (χ0) is 21.8. The molecule has 0 radical (unpaired) electrons. The summed E-state index contributed by atoms with van der Waals surface area (Å²) in [4.78, 5) is 11.7. The van der Waals surface area contributed by atoms with Gasteiger partial charge in [0, 0.05) is 25.0 Å². The highest BCUT2D eigenvalue weighted by Gasteiger charge is 2.40. The van der Waals surface area contributed by atoms with Crippen LogP contribution in [0.4, 0.5) is 13.2 Å². The Morgan fingerprint density at radius 1 is 1.14 bits per heavy atom. The number of carbonyl (C=O) groups is 1. The van der Waals surface area contributed by atoms with Gasteiger partial charge in [-0.25, -0.2) is 8.42 Å². The minimum Gasteiger partial charge on any atom is -0.353 e. The summed E-state index contributed by atoms with van der Waals surface area (Å²) >= 11 is 0. The first kappa shape index (κ1) is 23.7. The Balaban J connectivity index is 2.01. The van der Waals surface area contributed by atoms with E-state index < -0.39 is 26.7 Å². The lowest BCUT2D eigenvalue weighted by Crippen LogP contribution is -2.45. The van der Waals surface area contributed by atoms with Crippen molar-refractivity contribution in [2.24, 2.45) is 11.8 Å². The second kappa shape index (κ2) is 9.47. The number of hydrogen-bond donors (Lipinski definition) is 1. The van der Waals surface area contributed by atoms with Crippen LogP contribution in [0, 0.1) is 11.8 Å². The maximum absolute atomic E-state index is 13.2. The Labute approximate surface area is 170 Å². The summed E-state index contributed by atoms with van der Waals surface area (Å²) in [7, 11) is -4.28. The van der Waals surface area contributed by atoms with E-state index in [1.165, 1.54) is 12.1 Å². The van der Waals surface area contributed by atoms with Gasteiger partial charge in [0.15, 0.2) is 0 Å². The molecule has 1 aromatic rings. The molecule has 1 unspecified atom stereocenters. The summed E-state index contributed by atoms with van der Waals surface area (Å²) in [6, 6.07) is 4.23. The van der Waals surface area contributed by atoms with E-state index in [2.05, 4.69) is 19.2 Å². The van der Waals surface area contributed by atoms with Crippen LogP contribution < -0.4 is 5.32 Å². The molecule has 1 aromatic carbocycles. The van der Waals surface area contributed by atoms with E-state index >= 15 is 0 Å². The summed E-state index contributed by atoms with van der Waals surface area (Å²) in [6.07, 6.45) is -2.32. The van der Waals surface area contributed by atoms with Gasteiger partial charge in [-0.15, -0.1) is 0 Å². The summed E-state index contributed by atoms with van der Waals surface area (Å²) in [6.45, 7) is 6.21. The van der Waals surface area contributed by atoms with E-state index in [1.54, 1.807) is 0 Å². The number of rotatable bonds is 7. The largest absolute Gasteiger partial charge is 0.417 e. The molecule has 1 N–H and O–H groups in total. The van der Waals surface area contributed by atoms with Crippen molar-refractivity contribution >= 4 is 15.9 Å². The van der Waals surface area contributed by atoms with Gasteiger partial charge in [0.25, 0.3) is 0 Å². The Hall–Kier alpha value is -1.61. The average Bonchev–Trinajstić information content (AvgIpc) is 2.65. The van der Waals surface area contributed by atoms with Crippen LogP contribution >= 0.6 is 0 Å². The van der Waals surface area contributed by atoms with E-state index in [1.807, 2.05) is 6.92 Å². The fraction of sp³-hybridized carbons (Fsp3) is 0.650. The molecule has 0 spiro atoms. The number of carbonyl (C=O) groups excluding carboxylic acids is 1. The van der Waals surface area contributed by atoms with Crippen LogP contribution in [0.1, 0.15) is 52.0 Å². The Kier molecular flexibility index (Phi) is 7.73. The van der Waals surface area contributed by atoms with Crippen LogP contribution in [-0.4, -0.2) is 37.8 Å². The van der Waals surface area contributed by atoms with Crippen LogP contribution in [0.15, 0.2) is 29.2 Å². The SMILES string of the molecule is CC(C)CCC(C)NC(=O)C1CCN(S(=O)(=O)c2ccccc2C(F)(F)F)CC1. The zero-order valence-corrected chi connectivity index (χ0v) is 17.8. The highest BCUT2D eigenvalue weighted by molar-refractivity contribution is 7.89. The molecule has 1 atom stereocenters. The van der Waals surface area contributed by atoms with E-state index in [0.29, 0.717) is 5.92 Å². The third kappa shape index (κ3) is 6.18. The van der Waals surface area contributed by atoms with E-state index in [-0.39, 0.29) is 43.8 Å². The molecule has 1 amide bonds. The lowest BCUT2D eigenvalue weighted by atomic mass is 9.96. The van der Waals surface area contributed by atoms with Crippen molar-refractivity contribution in [3.8, 4) is 0 Å². The lowest BCUT2D eigenvalue weighted by Gasteiger charge is -2.31. The molecule has 5 nitrogen and oxygen atoms in total. The van der Waals surface area contributed by atoms with Crippen molar-refractivity contribution in [1.82, 2.24) is 9.62 Å². The molecule has 0 aromatic heterocycles. The molecule has 1 heterocycles. The number of hydrogen-bond acceptors (Lipinski definition) is 3. The van der Waals surface area contributed by atoms with Gasteiger partial charge in [-0.05, 0) is 50.7 Å². The summed E-state index contributed by atoms with van der Waals surface area (Å²) in [5.74, 6) is 0.0946. The number of piperidine rings is 1. The number of amides is 1. The highest BCUT2D eigenvalue weighted by atomic mass is 32.2. The molecule has 1 fully saturated rings. The minimum absolute atomic E-state index is 0.0208. The van der Waals surface area contributed by atoms with Crippen LogP contribution in [0.3, 0.4) is 0 Å². The standard InChI is InChI=1S/C20H29F3N2O3S/c1-14(2)8-9-15(3)24-19(26)16-10-12-25(13-11-16)29(27,28)18-7-5-4-6-17(18)20(21,22)23/h4-7,14-16H,8-13H2,1-3H3,(H,24,26). The van der Waals surface area contributed by atoms with Gasteiger partial charge in [-0.1, -0.05) is 26.0 Å². The smallest absolute Gasteiger partial charge is 0.353 e. The third-order valence-electron chi connectivity index (χ3n) is 5.20. The Morgan fingerprint density at radius 3 is 2.28 bits per heavy atom. The second-order valence-electron chi connectivity index (χ2n) is 8.05. The van der Waals surface area contributed by atoms with Gasteiger partial charge in [0.05, 0.1) is 10.5 Å². The van der Waals surface area contributed by atoms with Crippen molar-refractivity contribution in [2.75, 3.05) is 13.1 Å². The van der Waals surface area contributed by atoms with Crippen molar-refractivity contribution in [3.63, 3.8) is 0 Å². The first-order valence-corrected chi connectivity index (χ1v) is 11.3. The van der Waals surface area contributed by atoms with Gasteiger partial charge < -0.3 is 5.32 Å². The number of nitrogens with zero attached hydrogens (tertiary/aromatic N) is 1. The minimum atomic E-state index is -4.76. The van der Waals surface area contributed by atoms with Gasteiger partial charge >= 0.3 is 6.18 Å². The molecule has 0 bridgehead atoms. The van der Waals surface area contributed by atoms with E-state index in [9.17, 15) is 26.4 Å². The van der Waals surface area contributed by atoms with Gasteiger partial charge in [0.2, 0.25) is 15.9 Å². The fourth-order valence-electron chi connectivity index (χ4n) is 3.44. The number of halogens is 3. The third-order valence-corrected chi connectivity index (χ3v) is 7.16. The van der Waals surface area contributed by atoms with Crippen molar-refractivity contribution in [3.05, 3.63) is 29.8 Å². The average molecular weight is 435 g/mol. The lowest BCUT2D eigenvalue weighted by molar-refractivity contribution is -0.139. The molecular formula is C20H29F3N2O3S. The Bertz CT molecular complexity index is 801. The van der Waals surface area contributed by atoms with Crippen LogP contribution in [0.2, 0.25) is 0 Å². The molecule has 1 aliphatic heterocycles. The number of alkyl halides is 3. The predicted octanol–water partition coefficient (Wildman–Crippen LogP) is 4.05. The summed E-state index contributed by atoms with van der Waals surface area (Å²) in [5.41, 5.74) is -1.17. The maximum Gasteiger partial charge on any atom is 0.417 e. The topological polar surface area (TPSA) is 66.5 Å². The molecule has 164 valence electrons. The molecule has 29 heavy (non-hydrogen) atoms. The highest BCUT2D eigenvalue weighted by Crippen LogP contribution is 2.36. The van der Waals surface area contributed by atoms with Gasteiger partial charge in [0.1, 0.15) is 0 Å². The fourth-order valence-corrected chi connectivity index (χ4v) is 5.12. The summed E-state index contributed by atoms with van der Waals surface area (Å²) in [5, 5.41) is 2.96. The first-order valence-electron chi connectivity index (χ1n) is 9.89. The molecule has 9 heteroatoms. The second-order valence-corrected chi connectivity index (χ2v) is 9.96. The van der Waals surface area contributed by atoms with Crippen molar-refractivity contribution < 1.29 is 26.4 Å². The molecular weight excluding hydrogens is 405 g/mol. The van der Waals surface area contributed by atoms with Crippen LogP contribution in [-0.2, 0) is 21.0 Å². The van der Waals surface area contributed by atoms with Gasteiger partial charge in [-0.2, -0.15) is 17.5 Å². The molecule has 1 aliphatic rings. The van der Waals surface area contributed by atoms with Crippen molar-refractivity contribution in [2.45, 2.75) is 63.6 Å². The molecule has 0 saturated carbocycles. The maximum atomic E-state index is 13.2. The van der Waals surface area contributed by atoms with E-state index in [0.717, 1.165) is 29.3 Å². The summed E-state index contributed by atoms with van der Waals surface area (Å²) < 4.78 is 66.2. The quantitative estimate of drug-likeness (QED) is 0.704. The van der Waals surface area contributed by atoms with Crippen LogP contribution in [0.5, 0.6) is 0 Å². The van der Waals surface area contributed by atoms with Crippen LogP contribution in [0.25, 0.3) is 0 Å². The molecule has 1 saturated heterocycles. The van der Waals surface area contributed by atoms with E-state index in [4.69, 9.17) is 0 Å². The number of sulfonamides is 1. The molecule has 0 aliphatic carbocycles. The number of nitrogens with one attached hydrogen (secondary N) is 1. The predicted molar refractivity (Wildman–Crippen MR) is 105 cm³/mol. The Morgan fingerprint density at radius 2 is 1.72 bits per heavy atom. The van der Waals surface area contributed by atoms with Gasteiger partial charge in [-0.3, -0.25) is 4.79 Å². The monoisotopic (exact) mass is 434 g/mol. The normalized spacial score (nSPS) is 18.0. The molecule has 2 rings (SSSR count).